The van der Waals surface area contributed by atoms with E-state index < -0.39 is 0 Å². The van der Waals surface area contributed by atoms with E-state index in [1.165, 1.54) is 12.0 Å². The van der Waals surface area contributed by atoms with Gasteiger partial charge in [0, 0.05) is 24.4 Å². The van der Waals surface area contributed by atoms with Crippen LogP contribution in [-0.2, 0) is 11.2 Å². The largest absolute Gasteiger partial charge is 0.438 e. The van der Waals surface area contributed by atoms with Crippen LogP contribution in [0.5, 0.6) is 0 Å². The number of oxazole rings is 1. The molecule has 5 rings (SSSR count). The van der Waals surface area contributed by atoms with Gasteiger partial charge in [-0.1, -0.05) is 50.1 Å². The van der Waals surface area contributed by atoms with E-state index in [1.54, 1.807) is 6.92 Å². The number of piperidine rings is 1. The molecule has 3 heterocycles. The zero-order valence-corrected chi connectivity index (χ0v) is 18.6. The van der Waals surface area contributed by atoms with Gasteiger partial charge in [0.25, 0.3) is 5.91 Å². The number of hydrogen-bond donors (Lipinski definition) is 0. The molecule has 1 aliphatic carbocycles. The Morgan fingerprint density at radius 2 is 1.81 bits per heavy atom. The van der Waals surface area contributed by atoms with E-state index in [0.29, 0.717) is 11.5 Å². The summed E-state index contributed by atoms with van der Waals surface area (Å²) in [6.07, 6.45) is 7.20. The van der Waals surface area contributed by atoms with Crippen molar-refractivity contribution < 1.29 is 14.0 Å². The summed E-state index contributed by atoms with van der Waals surface area (Å²) in [7, 11) is 0. The minimum absolute atomic E-state index is 0.0227. The summed E-state index contributed by atoms with van der Waals surface area (Å²) in [4.78, 5) is 35.2. The smallest absolute Gasteiger partial charge is 0.292 e. The first-order chi connectivity index (χ1) is 14.9. The summed E-state index contributed by atoms with van der Waals surface area (Å²) in [6.45, 7) is 5.81. The van der Waals surface area contributed by atoms with Gasteiger partial charge in [-0.25, -0.2) is 4.98 Å². The molecule has 2 amide bonds. The van der Waals surface area contributed by atoms with E-state index in [0.717, 1.165) is 38.5 Å². The molecule has 3 aliphatic rings. The van der Waals surface area contributed by atoms with E-state index in [4.69, 9.17) is 4.42 Å². The number of amides is 2. The summed E-state index contributed by atoms with van der Waals surface area (Å²) in [5.41, 5.74) is 1.73. The number of carbonyl (C=O) groups is 2. The van der Waals surface area contributed by atoms with E-state index in [1.807, 2.05) is 25.1 Å². The standard InChI is InChI=1S/C25H31N3O3/c1-16-23(31-15-26-16)24(30)28-20-14-25(3)21(11-7-8-12-22(25)28)27(17(2)29)19(20)13-18-9-5-4-6-10-18/h4-6,9-10,15,19-22H,7-8,11-14H2,1-3H3/t19-,20-,21+,22-,25+/m0/s1. The van der Waals surface area contributed by atoms with Crippen LogP contribution in [-0.4, -0.2) is 50.8 Å². The van der Waals surface area contributed by atoms with Crippen LogP contribution in [0.1, 0.15) is 67.8 Å². The lowest BCUT2D eigenvalue weighted by molar-refractivity contribution is -0.141. The highest BCUT2D eigenvalue weighted by molar-refractivity contribution is 5.93. The van der Waals surface area contributed by atoms with E-state index >= 15 is 0 Å². The van der Waals surface area contributed by atoms with Crippen LogP contribution in [0, 0.1) is 12.3 Å². The van der Waals surface area contributed by atoms with Crippen molar-refractivity contribution in [3.05, 3.63) is 53.7 Å². The van der Waals surface area contributed by atoms with Crippen LogP contribution in [0.25, 0.3) is 0 Å². The number of aryl methyl sites for hydroxylation is 1. The van der Waals surface area contributed by atoms with Crippen molar-refractivity contribution in [3.63, 3.8) is 0 Å². The van der Waals surface area contributed by atoms with Crippen LogP contribution in [0.3, 0.4) is 0 Å². The molecule has 5 atom stereocenters. The number of rotatable bonds is 3. The Bertz CT molecular complexity index is 987. The van der Waals surface area contributed by atoms with Gasteiger partial charge in [0.2, 0.25) is 11.7 Å². The average molecular weight is 422 g/mol. The lowest BCUT2D eigenvalue weighted by atomic mass is 9.69. The predicted molar refractivity (Wildman–Crippen MR) is 116 cm³/mol. The van der Waals surface area contributed by atoms with Gasteiger partial charge in [0.05, 0.1) is 17.8 Å². The SMILES string of the molecule is CC(=O)N1[C@@H](Cc2ccccc2)[C@@H]2C[C@@]3(C)[C@H](CCCC[C@@H]13)N2C(=O)c1ocnc1C. The summed E-state index contributed by atoms with van der Waals surface area (Å²) >= 11 is 0. The second kappa shape index (κ2) is 7.50. The highest BCUT2D eigenvalue weighted by Gasteiger charge is 2.63. The number of likely N-dealkylation sites (tertiary alicyclic amines) is 2. The first-order valence-corrected chi connectivity index (χ1v) is 11.5. The molecule has 2 saturated heterocycles. The van der Waals surface area contributed by atoms with Crippen molar-refractivity contribution in [2.75, 3.05) is 0 Å². The molecule has 2 bridgehead atoms. The maximum Gasteiger partial charge on any atom is 0.292 e. The van der Waals surface area contributed by atoms with Crippen molar-refractivity contribution in [3.8, 4) is 0 Å². The minimum atomic E-state index is -0.0936. The fraction of sp³-hybridized carbons (Fsp3) is 0.560. The van der Waals surface area contributed by atoms with Crippen molar-refractivity contribution in [1.29, 1.82) is 0 Å². The third-order valence-electron chi connectivity index (χ3n) is 8.03. The monoisotopic (exact) mass is 421 g/mol. The number of fused-ring (bicyclic) bond motifs is 1. The number of hydrogen-bond acceptors (Lipinski definition) is 4. The Morgan fingerprint density at radius 1 is 1.13 bits per heavy atom. The summed E-state index contributed by atoms with van der Waals surface area (Å²) < 4.78 is 5.53. The second-order valence-corrected chi connectivity index (χ2v) is 9.76. The molecule has 2 aliphatic heterocycles. The Kier molecular flexibility index (Phi) is 4.91. The van der Waals surface area contributed by atoms with Gasteiger partial charge in [-0.3, -0.25) is 9.59 Å². The van der Waals surface area contributed by atoms with Crippen LogP contribution >= 0.6 is 0 Å². The molecule has 3 fully saturated rings. The van der Waals surface area contributed by atoms with Crippen LogP contribution < -0.4 is 0 Å². The van der Waals surface area contributed by atoms with Crippen LogP contribution in [0.15, 0.2) is 41.1 Å². The first kappa shape index (κ1) is 20.3. The van der Waals surface area contributed by atoms with Gasteiger partial charge < -0.3 is 14.2 Å². The summed E-state index contributed by atoms with van der Waals surface area (Å²) in [5.74, 6) is 0.385. The molecule has 0 spiro atoms. The van der Waals surface area contributed by atoms with Gasteiger partial charge in [-0.15, -0.1) is 0 Å². The van der Waals surface area contributed by atoms with Gasteiger partial charge in [-0.05, 0) is 38.2 Å². The lowest BCUT2D eigenvalue weighted by Gasteiger charge is -2.50. The topological polar surface area (TPSA) is 66.7 Å². The predicted octanol–water partition coefficient (Wildman–Crippen LogP) is 3.99. The zero-order valence-electron chi connectivity index (χ0n) is 18.6. The number of benzene rings is 1. The fourth-order valence-electron chi connectivity index (χ4n) is 6.72. The van der Waals surface area contributed by atoms with E-state index in [2.05, 4.69) is 33.8 Å². The molecule has 0 unspecified atom stereocenters. The van der Waals surface area contributed by atoms with Crippen molar-refractivity contribution in [1.82, 2.24) is 14.8 Å². The molecule has 1 saturated carbocycles. The summed E-state index contributed by atoms with van der Waals surface area (Å²) in [5, 5.41) is 0. The normalized spacial score (nSPS) is 32.1. The second-order valence-electron chi connectivity index (χ2n) is 9.76. The van der Waals surface area contributed by atoms with E-state index in [-0.39, 0.29) is 41.4 Å². The highest BCUT2D eigenvalue weighted by atomic mass is 16.3. The molecule has 31 heavy (non-hydrogen) atoms. The lowest BCUT2D eigenvalue weighted by Crippen LogP contribution is -2.61. The number of nitrogens with zero attached hydrogens (tertiary/aromatic N) is 3. The van der Waals surface area contributed by atoms with E-state index in [9.17, 15) is 9.59 Å². The third-order valence-corrected chi connectivity index (χ3v) is 8.03. The molecule has 0 N–H and O–H groups in total. The van der Waals surface area contributed by atoms with Crippen LogP contribution in [0.2, 0.25) is 0 Å². The molecular weight excluding hydrogens is 390 g/mol. The molecule has 6 nitrogen and oxygen atoms in total. The Hall–Kier alpha value is -2.63. The van der Waals surface area contributed by atoms with Gasteiger partial charge in [-0.2, -0.15) is 0 Å². The van der Waals surface area contributed by atoms with Crippen LogP contribution in [0.4, 0.5) is 0 Å². The number of carbonyl (C=O) groups excluding carboxylic acids is 2. The first-order valence-electron chi connectivity index (χ1n) is 11.5. The van der Waals surface area contributed by atoms with Gasteiger partial charge in [0.1, 0.15) is 0 Å². The highest BCUT2D eigenvalue weighted by Crippen LogP contribution is 2.56. The molecule has 2 aromatic rings. The van der Waals surface area contributed by atoms with Crippen molar-refractivity contribution in [2.45, 2.75) is 83.5 Å². The van der Waals surface area contributed by atoms with Crippen molar-refractivity contribution in [2.24, 2.45) is 5.41 Å². The maximum absolute atomic E-state index is 13.8. The third kappa shape index (κ3) is 3.10. The molecule has 1 aromatic carbocycles. The molecule has 0 radical (unpaired) electrons. The Morgan fingerprint density at radius 3 is 2.42 bits per heavy atom. The Labute approximate surface area is 183 Å². The fourth-order valence-corrected chi connectivity index (χ4v) is 6.72. The summed E-state index contributed by atoms with van der Waals surface area (Å²) in [6, 6.07) is 10.6. The average Bonchev–Trinajstić information content (AvgIpc) is 3.23. The molecule has 164 valence electrons. The van der Waals surface area contributed by atoms with Gasteiger partial charge >= 0.3 is 0 Å². The minimum Gasteiger partial charge on any atom is -0.438 e. The Balaban J connectivity index is 1.62. The zero-order chi connectivity index (χ0) is 21.8. The maximum atomic E-state index is 13.8. The molecular formula is C25H31N3O3. The molecule has 1 aromatic heterocycles. The number of aromatic nitrogens is 1. The van der Waals surface area contributed by atoms with Gasteiger partial charge in [0.15, 0.2) is 6.39 Å². The quantitative estimate of drug-likeness (QED) is 0.752. The molecule has 6 heteroatoms. The van der Waals surface area contributed by atoms with Crippen molar-refractivity contribution >= 4 is 11.8 Å².